The number of aryl methyl sites for hydroxylation is 1. The first-order valence-electron chi connectivity index (χ1n) is 4.95. The van der Waals surface area contributed by atoms with Crippen LogP contribution in [0, 0.1) is 18.6 Å². The Morgan fingerprint density at radius 2 is 1.88 bits per heavy atom. The van der Waals surface area contributed by atoms with Crippen LogP contribution in [-0.4, -0.2) is 17.1 Å². The van der Waals surface area contributed by atoms with Crippen LogP contribution in [-0.2, 0) is 0 Å². The van der Waals surface area contributed by atoms with Gasteiger partial charge in [0.25, 0.3) is 0 Å². The summed E-state index contributed by atoms with van der Waals surface area (Å²) in [4.78, 5) is 7.96. The Bertz CT molecular complexity index is 558. The van der Waals surface area contributed by atoms with Gasteiger partial charge in [-0.25, -0.2) is 13.8 Å². The third-order valence-corrected chi connectivity index (χ3v) is 2.22. The van der Waals surface area contributed by atoms with E-state index < -0.39 is 11.6 Å². The van der Waals surface area contributed by atoms with E-state index in [1.54, 1.807) is 13.0 Å². The minimum Gasteiger partial charge on any atom is -0.467 e. The van der Waals surface area contributed by atoms with E-state index in [1.165, 1.54) is 7.11 Å². The normalized spacial score (nSPS) is 10.4. The molecule has 0 radical (unpaired) electrons. The van der Waals surface area contributed by atoms with Gasteiger partial charge in [-0.3, -0.25) is 0 Å². The highest BCUT2D eigenvalue weighted by Gasteiger charge is 2.10. The van der Waals surface area contributed by atoms with Gasteiger partial charge in [0.05, 0.1) is 12.8 Å². The van der Waals surface area contributed by atoms with Crippen molar-refractivity contribution in [3.63, 3.8) is 0 Å². The van der Waals surface area contributed by atoms with Gasteiger partial charge in [0.15, 0.2) is 0 Å². The molecule has 0 bridgehead atoms. The van der Waals surface area contributed by atoms with E-state index in [-0.39, 0.29) is 11.6 Å². The molecule has 0 unspecified atom stereocenters. The molecule has 0 aliphatic heterocycles. The largest absolute Gasteiger partial charge is 0.467 e. The molecule has 1 aromatic carbocycles. The molecule has 17 heavy (non-hydrogen) atoms. The average Bonchev–Trinajstić information content (AvgIpc) is 2.31. The van der Waals surface area contributed by atoms with Crippen molar-refractivity contribution in [2.45, 2.75) is 6.92 Å². The van der Waals surface area contributed by atoms with Gasteiger partial charge in [-0.2, -0.15) is 4.98 Å². The highest BCUT2D eigenvalue weighted by molar-refractivity contribution is 5.60. The molecule has 0 N–H and O–H groups in total. The lowest BCUT2D eigenvalue weighted by molar-refractivity contribution is 0.379. The zero-order valence-electron chi connectivity index (χ0n) is 9.37. The molecule has 3 nitrogen and oxygen atoms in total. The molecular formula is C12H10F2N2O. The minimum absolute atomic E-state index is 0.0915. The van der Waals surface area contributed by atoms with E-state index in [0.717, 1.165) is 18.2 Å². The SMILES string of the molecule is COc1nc(C)cc(-c2cc(F)ccc2F)n1. The lowest BCUT2D eigenvalue weighted by atomic mass is 10.1. The monoisotopic (exact) mass is 236 g/mol. The van der Waals surface area contributed by atoms with Crippen molar-refractivity contribution in [3.05, 3.63) is 41.6 Å². The summed E-state index contributed by atoms with van der Waals surface area (Å²) in [5.74, 6) is -1.05. The van der Waals surface area contributed by atoms with E-state index in [4.69, 9.17) is 4.74 Å². The molecular weight excluding hydrogens is 226 g/mol. The van der Waals surface area contributed by atoms with Crippen LogP contribution in [0.15, 0.2) is 24.3 Å². The summed E-state index contributed by atoms with van der Waals surface area (Å²) in [5, 5.41) is 0. The Kier molecular flexibility index (Phi) is 2.99. The van der Waals surface area contributed by atoms with E-state index in [2.05, 4.69) is 9.97 Å². The van der Waals surface area contributed by atoms with Gasteiger partial charge in [0.2, 0.25) is 0 Å². The molecule has 0 fully saturated rings. The van der Waals surface area contributed by atoms with Crippen LogP contribution < -0.4 is 4.74 Å². The predicted octanol–water partition coefficient (Wildman–Crippen LogP) is 2.74. The van der Waals surface area contributed by atoms with Gasteiger partial charge in [-0.05, 0) is 31.2 Å². The number of hydrogen-bond acceptors (Lipinski definition) is 3. The van der Waals surface area contributed by atoms with Gasteiger partial charge in [0.1, 0.15) is 11.6 Å². The van der Waals surface area contributed by atoms with Gasteiger partial charge in [-0.1, -0.05) is 0 Å². The number of halogens is 2. The first kappa shape index (κ1) is 11.4. The van der Waals surface area contributed by atoms with Gasteiger partial charge in [-0.15, -0.1) is 0 Å². The van der Waals surface area contributed by atoms with Crippen LogP contribution in [0.1, 0.15) is 5.69 Å². The summed E-state index contributed by atoms with van der Waals surface area (Å²) < 4.78 is 31.5. The summed E-state index contributed by atoms with van der Waals surface area (Å²) in [5.41, 5.74) is 1.01. The fraction of sp³-hybridized carbons (Fsp3) is 0.167. The van der Waals surface area contributed by atoms with Gasteiger partial charge >= 0.3 is 6.01 Å². The smallest absolute Gasteiger partial charge is 0.316 e. The van der Waals surface area contributed by atoms with Crippen molar-refractivity contribution >= 4 is 0 Å². The number of ether oxygens (including phenoxy) is 1. The van der Waals surface area contributed by atoms with Crippen LogP contribution in [0.4, 0.5) is 8.78 Å². The second-order valence-electron chi connectivity index (χ2n) is 3.51. The number of nitrogens with zero attached hydrogens (tertiary/aromatic N) is 2. The molecule has 1 heterocycles. The molecule has 1 aromatic heterocycles. The Morgan fingerprint density at radius 1 is 1.12 bits per heavy atom. The average molecular weight is 236 g/mol. The molecule has 0 saturated carbocycles. The third kappa shape index (κ3) is 2.38. The Labute approximate surface area is 97.1 Å². The maximum atomic E-state index is 13.6. The first-order chi connectivity index (χ1) is 8.10. The van der Waals surface area contributed by atoms with E-state index in [0.29, 0.717) is 11.4 Å². The third-order valence-electron chi connectivity index (χ3n) is 2.22. The maximum absolute atomic E-state index is 13.6. The molecule has 0 aliphatic carbocycles. The standard InChI is InChI=1S/C12H10F2N2O/c1-7-5-11(16-12(15-7)17-2)9-6-8(13)3-4-10(9)14/h3-6H,1-2H3. The number of rotatable bonds is 2. The number of benzene rings is 1. The quantitative estimate of drug-likeness (QED) is 0.804. The van der Waals surface area contributed by atoms with Crippen LogP contribution >= 0.6 is 0 Å². The second kappa shape index (κ2) is 4.45. The van der Waals surface area contributed by atoms with Crippen molar-refractivity contribution in [2.24, 2.45) is 0 Å². The fourth-order valence-electron chi connectivity index (χ4n) is 1.46. The van der Waals surface area contributed by atoms with E-state index in [9.17, 15) is 8.78 Å². The summed E-state index contributed by atoms with van der Waals surface area (Å²) in [7, 11) is 1.42. The zero-order valence-corrected chi connectivity index (χ0v) is 9.37. The summed E-state index contributed by atoms with van der Waals surface area (Å²) in [6.45, 7) is 1.73. The van der Waals surface area contributed by atoms with Gasteiger partial charge in [0, 0.05) is 11.3 Å². The predicted molar refractivity (Wildman–Crippen MR) is 58.7 cm³/mol. The lowest BCUT2D eigenvalue weighted by Gasteiger charge is -2.06. The van der Waals surface area contributed by atoms with Crippen LogP contribution in [0.5, 0.6) is 6.01 Å². The van der Waals surface area contributed by atoms with E-state index in [1.807, 2.05) is 0 Å². The minimum atomic E-state index is -0.536. The highest BCUT2D eigenvalue weighted by atomic mass is 19.1. The zero-order chi connectivity index (χ0) is 12.4. The molecule has 0 saturated heterocycles. The Morgan fingerprint density at radius 3 is 2.59 bits per heavy atom. The number of hydrogen-bond donors (Lipinski definition) is 0. The van der Waals surface area contributed by atoms with Crippen LogP contribution in [0.2, 0.25) is 0 Å². The van der Waals surface area contributed by atoms with Crippen molar-refractivity contribution in [1.29, 1.82) is 0 Å². The van der Waals surface area contributed by atoms with Crippen molar-refractivity contribution < 1.29 is 13.5 Å². The maximum Gasteiger partial charge on any atom is 0.316 e. The number of methoxy groups -OCH3 is 1. The van der Waals surface area contributed by atoms with Crippen LogP contribution in [0.25, 0.3) is 11.3 Å². The Hall–Kier alpha value is -2.04. The molecule has 2 aromatic rings. The topological polar surface area (TPSA) is 35.0 Å². The van der Waals surface area contributed by atoms with E-state index >= 15 is 0 Å². The summed E-state index contributed by atoms with van der Waals surface area (Å²) in [6, 6.07) is 4.92. The second-order valence-corrected chi connectivity index (χ2v) is 3.51. The van der Waals surface area contributed by atoms with Crippen molar-refractivity contribution in [1.82, 2.24) is 9.97 Å². The molecule has 0 spiro atoms. The highest BCUT2D eigenvalue weighted by Crippen LogP contribution is 2.23. The van der Waals surface area contributed by atoms with Crippen molar-refractivity contribution in [2.75, 3.05) is 7.11 Å². The summed E-state index contributed by atoms with van der Waals surface area (Å²) >= 11 is 0. The van der Waals surface area contributed by atoms with Crippen LogP contribution in [0.3, 0.4) is 0 Å². The molecule has 0 amide bonds. The van der Waals surface area contributed by atoms with Gasteiger partial charge < -0.3 is 4.74 Å². The van der Waals surface area contributed by atoms with Crippen molar-refractivity contribution in [3.8, 4) is 17.3 Å². The molecule has 5 heteroatoms. The number of aromatic nitrogens is 2. The lowest BCUT2D eigenvalue weighted by Crippen LogP contribution is -1.97. The fourth-order valence-corrected chi connectivity index (χ4v) is 1.46. The Balaban J connectivity index is 2.59. The molecule has 0 atom stereocenters. The molecule has 0 aliphatic rings. The molecule has 88 valence electrons. The first-order valence-corrected chi connectivity index (χ1v) is 4.95. The summed E-state index contributed by atoms with van der Waals surface area (Å²) in [6.07, 6.45) is 0. The molecule has 2 rings (SSSR count).